The van der Waals surface area contributed by atoms with Crippen LogP contribution in [-0.4, -0.2) is 29.7 Å². The van der Waals surface area contributed by atoms with Gasteiger partial charge in [-0.2, -0.15) is 0 Å². The van der Waals surface area contributed by atoms with Crippen molar-refractivity contribution in [1.29, 1.82) is 0 Å². The predicted octanol–water partition coefficient (Wildman–Crippen LogP) is 3.12. The van der Waals surface area contributed by atoms with Gasteiger partial charge >= 0.3 is 6.98 Å². The van der Waals surface area contributed by atoms with Gasteiger partial charge in [0.2, 0.25) is 0 Å². The maximum absolute atomic E-state index is 2.55. The maximum Gasteiger partial charge on any atom is 0.308 e. The average Bonchev–Trinajstić information content (AvgIpc) is 2.83. The minimum Gasteiger partial charge on any atom is -0.323 e. The summed E-state index contributed by atoms with van der Waals surface area (Å²) in [6.07, 6.45) is 0. The molecule has 0 bridgehead atoms. The van der Waals surface area contributed by atoms with Crippen LogP contribution in [0.1, 0.15) is 11.1 Å². The molecule has 1 saturated heterocycles. The van der Waals surface area contributed by atoms with Crippen molar-refractivity contribution in [3.63, 3.8) is 0 Å². The number of nitrogens with zero attached hydrogens (tertiary/aromatic N) is 2. The number of benzene rings is 2. The highest BCUT2D eigenvalue weighted by molar-refractivity contribution is 6.51. The van der Waals surface area contributed by atoms with Crippen LogP contribution in [0.2, 0.25) is 6.82 Å². The van der Waals surface area contributed by atoms with E-state index in [-0.39, 0.29) is 0 Å². The minimum atomic E-state index is 0.510. The molecule has 0 amide bonds. The van der Waals surface area contributed by atoms with E-state index in [9.17, 15) is 0 Å². The highest BCUT2D eigenvalue weighted by atomic mass is 15.3. The van der Waals surface area contributed by atoms with Crippen LogP contribution in [0.15, 0.2) is 60.7 Å². The first kappa shape index (κ1) is 13.4. The second-order valence-corrected chi connectivity index (χ2v) is 5.54. The Balaban J connectivity index is 1.61. The zero-order chi connectivity index (χ0) is 13.8. The van der Waals surface area contributed by atoms with Crippen LogP contribution in [0.25, 0.3) is 0 Å². The number of hydrogen-bond donors (Lipinski definition) is 0. The van der Waals surface area contributed by atoms with Crippen LogP contribution < -0.4 is 0 Å². The molecule has 2 nitrogen and oxygen atoms in total. The lowest BCUT2D eigenvalue weighted by Crippen LogP contribution is -2.40. The monoisotopic (exact) mass is 264 g/mol. The number of rotatable bonds is 4. The summed E-state index contributed by atoms with van der Waals surface area (Å²) in [6.45, 7) is 7.24. The molecule has 20 heavy (non-hydrogen) atoms. The lowest BCUT2D eigenvalue weighted by atomic mass is 9.76. The third-order valence-corrected chi connectivity index (χ3v) is 4.19. The summed E-state index contributed by atoms with van der Waals surface area (Å²) in [6, 6.07) is 21.5. The van der Waals surface area contributed by atoms with Crippen LogP contribution >= 0.6 is 0 Å². The molecule has 0 aliphatic carbocycles. The highest BCUT2D eigenvalue weighted by Gasteiger charge is 2.31. The van der Waals surface area contributed by atoms with Crippen molar-refractivity contribution < 1.29 is 0 Å². The quantitative estimate of drug-likeness (QED) is 0.783. The molecule has 1 aliphatic heterocycles. The van der Waals surface area contributed by atoms with Crippen molar-refractivity contribution in [3.8, 4) is 0 Å². The molecule has 0 unspecified atom stereocenters. The molecule has 1 fully saturated rings. The fraction of sp³-hybridized carbons (Fsp3) is 0.294. The first-order chi connectivity index (χ1) is 9.83. The fourth-order valence-electron chi connectivity index (χ4n) is 2.92. The molecule has 0 aromatic heterocycles. The summed E-state index contributed by atoms with van der Waals surface area (Å²) in [7, 11) is 0. The topological polar surface area (TPSA) is 6.48 Å². The van der Waals surface area contributed by atoms with Gasteiger partial charge in [0.15, 0.2) is 0 Å². The van der Waals surface area contributed by atoms with Crippen molar-refractivity contribution in [2.45, 2.75) is 19.9 Å². The summed E-state index contributed by atoms with van der Waals surface area (Å²) < 4.78 is 0. The third-order valence-electron chi connectivity index (χ3n) is 4.19. The van der Waals surface area contributed by atoms with Gasteiger partial charge in [0.05, 0.1) is 0 Å². The van der Waals surface area contributed by atoms with Crippen LogP contribution in [-0.2, 0) is 13.1 Å². The van der Waals surface area contributed by atoms with E-state index >= 15 is 0 Å². The molecule has 1 heterocycles. The number of hydrogen-bond acceptors (Lipinski definition) is 2. The molecule has 0 saturated carbocycles. The lowest BCUT2D eigenvalue weighted by Gasteiger charge is -2.23. The van der Waals surface area contributed by atoms with Crippen molar-refractivity contribution in [2.75, 3.05) is 13.1 Å². The smallest absolute Gasteiger partial charge is 0.308 e. The highest BCUT2D eigenvalue weighted by Crippen LogP contribution is 2.17. The van der Waals surface area contributed by atoms with Crippen LogP contribution in [0.5, 0.6) is 0 Å². The molecule has 0 radical (unpaired) electrons. The van der Waals surface area contributed by atoms with E-state index in [1.54, 1.807) is 0 Å². The molecule has 3 heteroatoms. The predicted molar refractivity (Wildman–Crippen MR) is 85.3 cm³/mol. The second-order valence-electron chi connectivity index (χ2n) is 5.54. The average molecular weight is 264 g/mol. The Labute approximate surface area is 122 Å². The SMILES string of the molecule is CB1N(Cc2ccccc2)CCN1Cc1ccccc1. The van der Waals surface area contributed by atoms with E-state index in [2.05, 4.69) is 77.1 Å². The van der Waals surface area contributed by atoms with Gasteiger partial charge in [0.25, 0.3) is 0 Å². The zero-order valence-corrected chi connectivity index (χ0v) is 12.1. The van der Waals surface area contributed by atoms with E-state index in [0.717, 1.165) is 26.2 Å². The lowest BCUT2D eigenvalue weighted by molar-refractivity contribution is 0.458. The molecule has 2 aromatic rings. The van der Waals surface area contributed by atoms with Gasteiger partial charge in [-0.05, 0) is 11.1 Å². The van der Waals surface area contributed by atoms with E-state index in [4.69, 9.17) is 0 Å². The first-order valence-corrected chi connectivity index (χ1v) is 7.39. The molecule has 0 spiro atoms. The standard InChI is InChI=1S/C17H21BN2/c1-18-19(14-16-8-4-2-5-9-16)12-13-20(18)15-17-10-6-3-7-11-17/h2-11H,12-15H2,1H3. The Kier molecular flexibility index (Phi) is 4.19. The Morgan fingerprint density at radius 1 is 0.750 bits per heavy atom. The Morgan fingerprint density at radius 3 is 1.55 bits per heavy atom. The Hall–Kier alpha value is -1.58. The van der Waals surface area contributed by atoms with Gasteiger partial charge in [-0.25, -0.2) is 0 Å². The van der Waals surface area contributed by atoms with Crippen LogP contribution in [0.3, 0.4) is 0 Å². The van der Waals surface area contributed by atoms with E-state index in [0.29, 0.717) is 6.98 Å². The molecule has 0 atom stereocenters. The molecule has 0 N–H and O–H groups in total. The van der Waals surface area contributed by atoms with Gasteiger partial charge in [0.1, 0.15) is 0 Å². The Bertz CT molecular complexity index is 480. The summed E-state index contributed by atoms with van der Waals surface area (Å²) in [4.78, 5) is 5.11. The van der Waals surface area contributed by atoms with E-state index in [1.807, 2.05) is 0 Å². The summed E-state index contributed by atoms with van der Waals surface area (Å²) >= 11 is 0. The van der Waals surface area contributed by atoms with Gasteiger partial charge in [0, 0.05) is 26.2 Å². The molecular formula is C17H21BN2. The van der Waals surface area contributed by atoms with Crippen molar-refractivity contribution in [1.82, 2.24) is 9.62 Å². The summed E-state index contributed by atoms with van der Waals surface area (Å²) in [5.74, 6) is 0. The second kappa shape index (κ2) is 6.25. The minimum absolute atomic E-state index is 0.510. The largest absolute Gasteiger partial charge is 0.323 e. The first-order valence-electron chi connectivity index (χ1n) is 7.39. The third kappa shape index (κ3) is 3.11. The molecular weight excluding hydrogens is 243 g/mol. The summed E-state index contributed by atoms with van der Waals surface area (Å²) in [5, 5.41) is 0. The molecule has 2 aromatic carbocycles. The van der Waals surface area contributed by atoms with Crippen molar-refractivity contribution in [3.05, 3.63) is 71.8 Å². The normalized spacial score (nSPS) is 16.8. The fourth-order valence-corrected chi connectivity index (χ4v) is 2.92. The van der Waals surface area contributed by atoms with Crippen molar-refractivity contribution in [2.24, 2.45) is 0 Å². The molecule has 102 valence electrons. The van der Waals surface area contributed by atoms with Gasteiger partial charge in [-0.15, -0.1) is 0 Å². The van der Waals surface area contributed by atoms with E-state index in [1.165, 1.54) is 11.1 Å². The molecule has 1 aliphatic rings. The maximum atomic E-state index is 2.55. The van der Waals surface area contributed by atoms with Crippen LogP contribution in [0.4, 0.5) is 0 Å². The van der Waals surface area contributed by atoms with Crippen molar-refractivity contribution >= 4 is 6.98 Å². The van der Waals surface area contributed by atoms with Gasteiger partial charge in [-0.1, -0.05) is 67.5 Å². The van der Waals surface area contributed by atoms with Gasteiger partial charge in [-0.3, -0.25) is 0 Å². The van der Waals surface area contributed by atoms with E-state index < -0.39 is 0 Å². The molecule has 3 rings (SSSR count). The summed E-state index contributed by atoms with van der Waals surface area (Å²) in [5.41, 5.74) is 2.81. The van der Waals surface area contributed by atoms with Gasteiger partial charge < -0.3 is 9.62 Å². The zero-order valence-electron chi connectivity index (χ0n) is 12.1. The van der Waals surface area contributed by atoms with Crippen LogP contribution in [0, 0.1) is 0 Å². The Morgan fingerprint density at radius 2 is 1.15 bits per heavy atom.